The molecule has 0 atom stereocenters. The number of sulfonamides is 1. The van der Waals surface area contributed by atoms with Crippen molar-refractivity contribution in [2.45, 2.75) is 24.3 Å². The first-order chi connectivity index (χ1) is 8.06. The van der Waals surface area contributed by atoms with Crippen molar-refractivity contribution in [1.82, 2.24) is 4.72 Å². The van der Waals surface area contributed by atoms with Crippen molar-refractivity contribution in [3.63, 3.8) is 0 Å². The molecule has 0 radical (unpaired) electrons. The highest BCUT2D eigenvalue weighted by Crippen LogP contribution is 2.25. The Balaban J connectivity index is 3.23. The van der Waals surface area contributed by atoms with Gasteiger partial charge in [0.15, 0.2) is 0 Å². The van der Waals surface area contributed by atoms with Crippen LogP contribution in [0.3, 0.4) is 0 Å². The number of benzene rings is 1. The molecule has 0 bridgehead atoms. The maximum Gasteiger partial charge on any atom is 0.242 e. The number of thiocarbonyl (C=S) groups is 1. The Labute approximate surface area is 122 Å². The smallest absolute Gasteiger partial charge is 0.242 e. The summed E-state index contributed by atoms with van der Waals surface area (Å²) in [6.45, 7) is 3.12. The van der Waals surface area contributed by atoms with Crippen LogP contribution in [0.25, 0.3) is 0 Å². The number of hydrogen-bond donors (Lipinski definition) is 2. The van der Waals surface area contributed by atoms with Crippen molar-refractivity contribution in [3.8, 4) is 0 Å². The summed E-state index contributed by atoms with van der Waals surface area (Å²) in [6, 6.07) is 4.18. The van der Waals surface area contributed by atoms with Crippen LogP contribution in [-0.2, 0) is 10.0 Å². The Morgan fingerprint density at radius 2 is 1.94 bits per heavy atom. The van der Waals surface area contributed by atoms with Crippen molar-refractivity contribution in [3.05, 3.63) is 28.2 Å². The lowest BCUT2D eigenvalue weighted by atomic mass is 10.1. The van der Waals surface area contributed by atoms with Crippen LogP contribution in [0.5, 0.6) is 0 Å². The molecule has 0 saturated carbocycles. The highest BCUT2D eigenvalue weighted by Gasteiger charge is 2.30. The summed E-state index contributed by atoms with van der Waals surface area (Å²) in [7, 11) is -3.85. The first-order valence-electron chi connectivity index (χ1n) is 4.85. The van der Waals surface area contributed by atoms with Gasteiger partial charge in [0.1, 0.15) is 4.90 Å². The van der Waals surface area contributed by atoms with E-state index in [9.17, 15) is 8.42 Å². The molecule has 0 aliphatic carbocycles. The third-order valence-electron chi connectivity index (χ3n) is 2.19. The van der Waals surface area contributed by atoms with E-state index in [0.717, 1.165) is 0 Å². The van der Waals surface area contributed by atoms with E-state index in [1.165, 1.54) is 18.2 Å². The predicted octanol–water partition coefficient (Wildman–Crippen LogP) is 2.34. The third kappa shape index (κ3) is 3.55. The molecule has 1 rings (SSSR count). The van der Waals surface area contributed by atoms with E-state index >= 15 is 0 Å². The summed E-state index contributed by atoms with van der Waals surface area (Å²) < 4.78 is 26.7. The Kier molecular flexibility index (Phi) is 4.61. The second kappa shape index (κ2) is 5.30. The molecule has 0 aromatic heterocycles. The largest absolute Gasteiger partial charge is 0.392 e. The van der Waals surface area contributed by atoms with E-state index in [1.807, 2.05) is 0 Å². The molecule has 100 valence electrons. The summed E-state index contributed by atoms with van der Waals surface area (Å²) in [6.07, 6.45) is 0. The van der Waals surface area contributed by atoms with Gasteiger partial charge in [-0.2, -0.15) is 4.72 Å². The van der Waals surface area contributed by atoms with Crippen molar-refractivity contribution in [1.29, 1.82) is 0 Å². The molecule has 4 nitrogen and oxygen atoms in total. The summed E-state index contributed by atoms with van der Waals surface area (Å²) in [5, 5.41) is 0.346. The average molecular weight is 327 g/mol. The molecular weight excluding hydrogens is 315 g/mol. The maximum absolute atomic E-state index is 12.2. The van der Waals surface area contributed by atoms with Crippen molar-refractivity contribution in [2.24, 2.45) is 5.73 Å². The van der Waals surface area contributed by atoms with E-state index in [1.54, 1.807) is 13.8 Å². The number of rotatable bonds is 4. The zero-order chi connectivity index (χ0) is 14.1. The van der Waals surface area contributed by atoms with Crippen LogP contribution >= 0.6 is 35.4 Å². The predicted molar refractivity (Wildman–Crippen MR) is 77.6 cm³/mol. The molecular formula is C10H12Cl2N2O2S2. The fraction of sp³-hybridized carbons (Fsp3) is 0.300. The molecule has 1 aromatic rings. The summed E-state index contributed by atoms with van der Waals surface area (Å²) in [5.41, 5.74) is 4.41. The van der Waals surface area contributed by atoms with Crippen molar-refractivity contribution in [2.75, 3.05) is 0 Å². The Bertz CT molecular complexity index is 586. The first kappa shape index (κ1) is 15.7. The van der Waals surface area contributed by atoms with Crippen LogP contribution in [0.4, 0.5) is 0 Å². The van der Waals surface area contributed by atoms with E-state index < -0.39 is 15.6 Å². The number of nitrogens with one attached hydrogen (secondary N) is 1. The number of nitrogens with two attached hydrogens (primary N) is 1. The molecule has 0 amide bonds. The molecule has 0 saturated heterocycles. The maximum atomic E-state index is 12.2. The van der Waals surface area contributed by atoms with Crippen LogP contribution in [-0.4, -0.2) is 18.9 Å². The van der Waals surface area contributed by atoms with Crippen LogP contribution in [0.2, 0.25) is 10.0 Å². The Morgan fingerprint density at radius 1 is 1.39 bits per heavy atom. The van der Waals surface area contributed by atoms with Gasteiger partial charge >= 0.3 is 0 Å². The molecule has 0 heterocycles. The van der Waals surface area contributed by atoms with Gasteiger partial charge in [-0.05, 0) is 32.0 Å². The number of halogens is 2. The quantitative estimate of drug-likeness (QED) is 0.833. The van der Waals surface area contributed by atoms with E-state index in [-0.39, 0.29) is 19.9 Å². The lowest BCUT2D eigenvalue weighted by Crippen LogP contribution is -2.51. The molecule has 8 heteroatoms. The van der Waals surface area contributed by atoms with E-state index in [4.69, 9.17) is 41.2 Å². The number of hydrogen-bond acceptors (Lipinski definition) is 3. The van der Waals surface area contributed by atoms with Gasteiger partial charge in [0.2, 0.25) is 10.0 Å². The molecule has 0 unspecified atom stereocenters. The van der Waals surface area contributed by atoms with Gasteiger partial charge in [-0.3, -0.25) is 0 Å². The lowest BCUT2D eigenvalue weighted by Gasteiger charge is -2.24. The van der Waals surface area contributed by atoms with Crippen molar-refractivity contribution >= 4 is 50.4 Å². The molecule has 18 heavy (non-hydrogen) atoms. The highest BCUT2D eigenvalue weighted by atomic mass is 35.5. The van der Waals surface area contributed by atoms with Crippen LogP contribution < -0.4 is 10.5 Å². The Hall–Kier alpha value is -0.400. The minimum Gasteiger partial charge on any atom is -0.392 e. The molecule has 0 aliphatic rings. The molecule has 3 N–H and O–H groups in total. The van der Waals surface area contributed by atoms with Crippen LogP contribution in [0.15, 0.2) is 23.1 Å². The first-order valence-corrected chi connectivity index (χ1v) is 7.50. The molecule has 0 fully saturated rings. The minimum absolute atomic E-state index is 0.0317. The standard InChI is InChI=1S/C10H12Cl2N2O2S2/c1-10(2,9(13)17)14-18(15,16)8-5-6(11)3-4-7(8)12/h3-5,14H,1-2H3,(H2,13,17). The fourth-order valence-corrected chi connectivity index (χ4v) is 3.40. The van der Waals surface area contributed by atoms with Crippen molar-refractivity contribution < 1.29 is 8.42 Å². The summed E-state index contributed by atoms with van der Waals surface area (Å²) >= 11 is 16.4. The van der Waals surface area contributed by atoms with Gasteiger partial charge in [-0.25, -0.2) is 8.42 Å². The molecule has 0 aliphatic heterocycles. The third-order valence-corrected chi connectivity index (χ3v) is 5.07. The van der Waals surface area contributed by atoms with Crippen LogP contribution in [0, 0.1) is 0 Å². The SMILES string of the molecule is CC(C)(NS(=O)(=O)c1cc(Cl)ccc1Cl)C(N)=S. The molecule has 0 spiro atoms. The lowest BCUT2D eigenvalue weighted by molar-refractivity contribution is 0.546. The monoisotopic (exact) mass is 326 g/mol. The van der Waals surface area contributed by atoms with Gasteiger partial charge in [-0.15, -0.1) is 0 Å². The van der Waals surface area contributed by atoms with Gasteiger partial charge in [0.25, 0.3) is 0 Å². The Morgan fingerprint density at radius 3 is 2.44 bits per heavy atom. The highest BCUT2D eigenvalue weighted by molar-refractivity contribution is 7.89. The van der Waals surface area contributed by atoms with E-state index in [0.29, 0.717) is 0 Å². The van der Waals surface area contributed by atoms with Crippen LogP contribution in [0.1, 0.15) is 13.8 Å². The zero-order valence-corrected chi connectivity index (χ0v) is 12.8. The van der Waals surface area contributed by atoms with Gasteiger partial charge in [0, 0.05) is 5.02 Å². The normalized spacial score (nSPS) is 12.4. The minimum atomic E-state index is -3.85. The second-order valence-corrected chi connectivity index (χ2v) is 7.10. The zero-order valence-electron chi connectivity index (χ0n) is 9.70. The fourth-order valence-electron chi connectivity index (χ4n) is 1.12. The van der Waals surface area contributed by atoms with E-state index in [2.05, 4.69) is 4.72 Å². The molecule has 1 aromatic carbocycles. The summed E-state index contributed by atoms with van der Waals surface area (Å²) in [4.78, 5) is -0.0785. The average Bonchev–Trinajstić information content (AvgIpc) is 2.19. The van der Waals surface area contributed by atoms with Gasteiger partial charge < -0.3 is 5.73 Å². The van der Waals surface area contributed by atoms with Gasteiger partial charge in [-0.1, -0.05) is 35.4 Å². The van der Waals surface area contributed by atoms with Gasteiger partial charge in [0.05, 0.1) is 15.6 Å². The second-order valence-electron chi connectivity index (χ2n) is 4.17. The topological polar surface area (TPSA) is 72.2 Å². The summed E-state index contributed by atoms with van der Waals surface area (Å²) in [5.74, 6) is 0.